The number of rotatable bonds is 10. The third kappa shape index (κ3) is 20.1. The largest absolute Gasteiger partial charge is 0.394 e. The van der Waals surface area contributed by atoms with Crippen LogP contribution in [-0.4, -0.2) is 97.8 Å². The van der Waals surface area contributed by atoms with Crippen molar-refractivity contribution in [3.05, 3.63) is 0 Å². The van der Waals surface area contributed by atoms with Gasteiger partial charge in [0, 0.05) is 0 Å². The Balaban J connectivity index is 0. The summed E-state index contributed by atoms with van der Waals surface area (Å²) in [6.07, 6.45) is -1.83. The molecule has 0 aromatic carbocycles. The number of ether oxygens (including phenoxy) is 1. The number of aliphatic hydroxyl groups is 4. The SMILES string of the molecule is C[N+](C)(C)CCOP=O.OCC(O)COCC(O)CO. The first kappa shape index (κ1) is 22.1. The van der Waals surface area contributed by atoms with E-state index in [1.807, 2.05) is 0 Å². The van der Waals surface area contributed by atoms with Crippen molar-refractivity contribution in [1.29, 1.82) is 0 Å². The third-order valence-corrected chi connectivity index (χ3v) is 2.24. The van der Waals surface area contributed by atoms with Gasteiger partial charge in [0.15, 0.2) is 0 Å². The van der Waals surface area contributed by atoms with Crippen molar-refractivity contribution in [2.24, 2.45) is 0 Å². The van der Waals surface area contributed by atoms with Crippen LogP contribution in [0.25, 0.3) is 0 Å². The molecule has 0 bridgehead atoms. The van der Waals surface area contributed by atoms with Crippen LogP contribution in [0.3, 0.4) is 0 Å². The smallest absolute Gasteiger partial charge is 0.327 e. The van der Waals surface area contributed by atoms with Gasteiger partial charge in [-0.05, 0) is 0 Å². The van der Waals surface area contributed by atoms with Crippen molar-refractivity contribution in [2.45, 2.75) is 12.2 Å². The van der Waals surface area contributed by atoms with Crippen LogP contribution in [-0.2, 0) is 13.8 Å². The lowest BCUT2D eigenvalue weighted by Crippen LogP contribution is -2.37. The number of likely N-dealkylation sites (N-methyl/N-ethyl adjacent to an activating group) is 1. The Morgan fingerprint density at radius 1 is 1.05 bits per heavy atom. The molecule has 0 aromatic heterocycles. The number of aliphatic hydroxyl groups excluding tert-OH is 4. The fourth-order valence-corrected chi connectivity index (χ4v) is 0.954. The Kier molecular flexibility index (Phi) is 15.2. The summed E-state index contributed by atoms with van der Waals surface area (Å²) in [5, 5.41) is 34.1. The van der Waals surface area contributed by atoms with E-state index in [1.165, 1.54) is 0 Å². The first-order valence-corrected chi connectivity index (χ1v) is 6.90. The van der Waals surface area contributed by atoms with Crippen LogP contribution >= 0.6 is 8.69 Å². The zero-order chi connectivity index (χ0) is 16.0. The Hall–Kier alpha value is -0.180. The van der Waals surface area contributed by atoms with Crippen molar-refractivity contribution in [3.8, 4) is 0 Å². The van der Waals surface area contributed by atoms with Gasteiger partial charge in [-0.3, -0.25) is 4.52 Å². The van der Waals surface area contributed by atoms with Crippen LogP contribution in [0.1, 0.15) is 0 Å². The highest BCUT2D eigenvalue weighted by molar-refractivity contribution is 7.17. The first-order valence-electron chi connectivity index (χ1n) is 6.17. The summed E-state index contributed by atoms with van der Waals surface area (Å²) in [6.45, 7) is 0.634. The molecule has 0 radical (unpaired) electrons. The molecule has 0 amide bonds. The summed E-state index contributed by atoms with van der Waals surface area (Å²) in [6, 6.07) is 0. The third-order valence-electron chi connectivity index (χ3n) is 1.95. The number of nitrogens with zero attached hydrogens (tertiary/aromatic N) is 1. The van der Waals surface area contributed by atoms with Gasteiger partial charge < -0.3 is 29.6 Å². The van der Waals surface area contributed by atoms with Gasteiger partial charge in [-0.25, -0.2) is 4.57 Å². The molecule has 0 saturated heterocycles. The molecule has 0 saturated carbocycles. The Bertz CT molecular complexity index is 215. The van der Waals surface area contributed by atoms with Crippen LogP contribution in [0.15, 0.2) is 0 Å². The predicted octanol–water partition coefficient (Wildman–Crippen LogP) is -1.37. The molecule has 0 aliphatic heterocycles. The van der Waals surface area contributed by atoms with Gasteiger partial charge in [0.1, 0.15) is 25.4 Å². The van der Waals surface area contributed by atoms with E-state index in [-0.39, 0.29) is 35.1 Å². The van der Waals surface area contributed by atoms with Crippen molar-refractivity contribution in [1.82, 2.24) is 0 Å². The van der Waals surface area contributed by atoms with Crippen LogP contribution in [0.2, 0.25) is 0 Å². The minimum absolute atomic E-state index is 0.0342. The van der Waals surface area contributed by atoms with Crippen LogP contribution < -0.4 is 0 Å². The summed E-state index contributed by atoms with van der Waals surface area (Å²) in [7, 11) is 5.96. The second-order valence-electron chi connectivity index (χ2n) is 5.13. The van der Waals surface area contributed by atoms with Crippen LogP contribution in [0.5, 0.6) is 0 Å². The van der Waals surface area contributed by atoms with E-state index in [1.54, 1.807) is 0 Å². The minimum atomic E-state index is -0.916. The second kappa shape index (κ2) is 13.8. The number of hydrogen-bond acceptors (Lipinski definition) is 7. The normalized spacial score (nSPS) is 14.6. The highest BCUT2D eigenvalue weighted by Gasteiger charge is 2.05. The van der Waals surface area contributed by atoms with E-state index in [0.29, 0.717) is 6.61 Å². The van der Waals surface area contributed by atoms with Gasteiger partial charge in [0.05, 0.1) is 47.6 Å². The molecule has 8 nitrogen and oxygen atoms in total. The standard InChI is InChI=1S/C6H14O5.C5H13NO2P/c7-1-5(9)3-11-4-6(10)2-8;1-6(2,3)4-5-8-9-7/h5-10H,1-4H2;4-5H2,1-3H3/q;+1. The van der Waals surface area contributed by atoms with Crippen molar-refractivity contribution >= 4 is 8.69 Å². The van der Waals surface area contributed by atoms with Gasteiger partial charge in [0.2, 0.25) is 0 Å². The van der Waals surface area contributed by atoms with Gasteiger partial charge in [-0.2, -0.15) is 0 Å². The fraction of sp³-hybridized carbons (Fsp3) is 1.00. The zero-order valence-corrected chi connectivity index (χ0v) is 13.2. The number of quaternary nitrogens is 1. The van der Waals surface area contributed by atoms with Gasteiger partial charge >= 0.3 is 8.69 Å². The predicted molar refractivity (Wildman–Crippen MR) is 73.5 cm³/mol. The second-order valence-corrected chi connectivity index (χ2v) is 5.54. The van der Waals surface area contributed by atoms with E-state index in [2.05, 4.69) is 25.7 Å². The molecule has 0 aliphatic carbocycles. The Labute approximate surface area is 121 Å². The lowest BCUT2D eigenvalue weighted by atomic mass is 10.4. The van der Waals surface area contributed by atoms with E-state index in [0.717, 1.165) is 11.0 Å². The van der Waals surface area contributed by atoms with E-state index < -0.39 is 12.2 Å². The minimum Gasteiger partial charge on any atom is -0.394 e. The average molecular weight is 316 g/mol. The molecule has 0 aliphatic rings. The summed E-state index contributed by atoms with van der Waals surface area (Å²) in [5.41, 5.74) is 0. The molecular formula is C11H27NO7P+. The Morgan fingerprint density at radius 2 is 1.50 bits per heavy atom. The molecule has 2 atom stereocenters. The molecular weight excluding hydrogens is 289 g/mol. The lowest BCUT2D eigenvalue weighted by Gasteiger charge is -2.22. The van der Waals surface area contributed by atoms with Crippen molar-refractivity contribution < 1.29 is 38.7 Å². The molecule has 122 valence electrons. The molecule has 20 heavy (non-hydrogen) atoms. The summed E-state index contributed by atoms with van der Waals surface area (Å²) in [4.78, 5) is 0. The van der Waals surface area contributed by atoms with Gasteiger partial charge in [0.25, 0.3) is 0 Å². The maximum Gasteiger partial charge on any atom is 0.327 e. The molecule has 0 heterocycles. The maximum atomic E-state index is 9.76. The van der Waals surface area contributed by atoms with E-state index in [9.17, 15) is 4.57 Å². The van der Waals surface area contributed by atoms with Crippen molar-refractivity contribution in [2.75, 3.05) is 60.7 Å². The molecule has 0 aromatic rings. The quantitative estimate of drug-likeness (QED) is 0.223. The fourth-order valence-electron chi connectivity index (χ4n) is 0.797. The monoisotopic (exact) mass is 316 g/mol. The lowest BCUT2D eigenvalue weighted by molar-refractivity contribution is -0.870. The zero-order valence-electron chi connectivity index (χ0n) is 12.3. The molecule has 0 spiro atoms. The Morgan fingerprint density at radius 3 is 1.80 bits per heavy atom. The van der Waals surface area contributed by atoms with Crippen LogP contribution in [0.4, 0.5) is 0 Å². The highest BCUT2D eigenvalue weighted by atomic mass is 31.1. The van der Waals surface area contributed by atoms with Crippen molar-refractivity contribution in [3.63, 3.8) is 0 Å². The summed E-state index contributed by atoms with van der Waals surface area (Å²) in [5.74, 6) is 0. The molecule has 0 fully saturated rings. The highest BCUT2D eigenvalue weighted by Crippen LogP contribution is 1.96. The topological polar surface area (TPSA) is 116 Å². The molecule has 2 unspecified atom stereocenters. The molecule has 0 rings (SSSR count). The molecule has 4 N–H and O–H groups in total. The summed E-state index contributed by atoms with van der Waals surface area (Å²) >= 11 is 0. The molecule has 9 heteroatoms. The first-order chi connectivity index (χ1) is 9.26. The van der Waals surface area contributed by atoms with Gasteiger partial charge in [-0.15, -0.1) is 0 Å². The van der Waals surface area contributed by atoms with Crippen LogP contribution in [0, 0.1) is 0 Å². The van der Waals surface area contributed by atoms with E-state index in [4.69, 9.17) is 25.2 Å². The van der Waals surface area contributed by atoms with Gasteiger partial charge in [-0.1, -0.05) is 0 Å². The number of hydrogen-bond donors (Lipinski definition) is 4. The maximum absolute atomic E-state index is 9.76. The van der Waals surface area contributed by atoms with E-state index >= 15 is 0 Å². The average Bonchev–Trinajstić information content (AvgIpc) is 2.38. The summed E-state index contributed by atoms with van der Waals surface area (Å²) < 4.78 is 19.9.